The molecule has 1 aliphatic rings. The third kappa shape index (κ3) is 4.99. The molecule has 2 aromatic heterocycles. The van der Waals surface area contributed by atoms with Crippen molar-refractivity contribution in [2.24, 2.45) is 0 Å². The second-order valence-electron chi connectivity index (χ2n) is 7.02. The standard InChI is InChI=1S/C19H20F3N5O3S/c1-10(8-23)25-18(29)30-11-3-5-27(6-4-11)14-7-13(19(20,21)22)16-15(26-14)12(9-31-16)17(28)24-2/h7,9-11H,3-6H2,1-2H3,(H,24,28)(H,25,29)/t10-/m0/s1. The predicted molar refractivity (Wildman–Crippen MR) is 108 cm³/mol. The van der Waals surface area contributed by atoms with Crippen LogP contribution in [0.2, 0.25) is 0 Å². The molecule has 8 nitrogen and oxygen atoms in total. The summed E-state index contributed by atoms with van der Waals surface area (Å²) in [5, 5.41) is 14.9. The molecule has 12 heteroatoms. The van der Waals surface area contributed by atoms with E-state index in [0.29, 0.717) is 25.9 Å². The second kappa shape index (κ2) is 8.97. The van der Waals surface area contributed by atoms with E-state index in [9.17, 15) is 22.8 Å². The molecule has 0 saturated carbocycles. The Morgan fingerprint density at radius 3 is 2.65 bits per heavy atom. The highest BCUT2D eigenvalue weighted by molar-refractivity contribution is 7.17. The molecule has 166 valence electrons. The number of carbonyl (C=O) groups is 2. The van der Waals surface area contributed by atoms with Crippen molar-refractivity contribution in [2.45, 2.75) is 38.1 Å². The maximum atomic E-state index is 13.7. The van der Waals surface area contributed by atoms with E-state index in [0.717, 1.165) is 17.4 Å². The Morgan fingerprint density at radius 2 is 2.06 bits per heavy atom. The highest BCUT2D eigenvalue weighted by Gasteiger charge is 2.36. The number of halogens is 3. The number of aromatic nitrogens is 1. The van der Waals surface area contributed by atoms with Gasteiger partial charge in [-0.1, -0.05) is 0 Å². The number of carbonyl (C=O) groups excluding carboxylic acids is 2. The third-order valence-electron chi connectivity index (χ3n) is 4.85. The van der Waals surface area contributed by atoms with Gasteiger partial charge in [0.2, 0.25) is 0 Å². The molecule has 0 bridgehead atoms. The van der Waals surface area contributed by atoms with Crippen LogP contribution in [0.15, 0.2) is 11.4 Å². The number of nitrogens with zero attached hydrogens (tertiary/aromatic N) is 3. The fourth-order valence-electron chi connectivity index (χ4n) is 3.26. The fraction of sp³-hybridized carbons (Fsp3) is 0.474. The molecule has 2 aromatic rings. The van der Waals surface area contributed by atoms with Crippen molar-refractivity contribution >= 4 is 39.4 Å². The number of amides is 2. The van der Waals surface area contributed by atoms with E-state index in [2.05, 4.69) is 15.6 Å². The van der Waals surface area contributed by atoms with Gasteiger partial charge in [-0.25, -0.2) is 9.78 Å². The molecule has 0 radical (unpaired) electrons. The lowest BCUT2D eigenvalue weighted by Crippen LogP contribution is -2.41. The van der Waals surface area contributed by atoms with Crippen molar-refractivity contribution in [3.05, 3.63) is 22.6 Å². The average molecular weight is 455 g/mol. The van der Waals surface area contributed by atoms with Crippen LogP contribution in [0.1, 0.15) is 35.7 Å². The first-order chi connectivity index (χ1) is 14.6. The lowest BCUT2D eigenvalue weighted by Gasteiger charge is -2.33. The molecule has 1 saturated heterocycles. The van der Waals surface area contributed by atoms with E-state index >= 15 is 0 Å². The van der Waals surface area contributed by atoms with Gasteiger partial charge in [0.25, 0.3) is 5.91 Å². The van der Waals surface area contributed by atoms with Gasteiger partial charge in [0, 0.05) is 38.4 Å². The quantitative estimate of drug-likeness (QED) is 0.733. The van der Waals surface area contributed by atoms with Gasteiger partial charge < -0.3 is 20.3 Å². The van der Waals surface area contributed by atoms with Crippen LogP contribution in [-0.2, 0) is 10.9 Å². The van der Waals surface area contributed by atoms with Crippen molar-refractivity contribution in [3.63, 3.8) is 0 Å². The minimum absolute atomic E-state index is 0.0115. The Morgan fingerprint density at radius 1 is 1.39 bits per heavy atom. The molecule has 2 N–H and O–H groups in total. The molecule has 1 aliphatic heterocycles. The van der Waals surface area contributed by atoms with E-state index in [4.69, 9.17) is 10.00 Å². The number of nitriles is 1. The lowest BCUT2D eigenvalue weighted by atomic mass is 10.1. The van der Waals surface area contributed by atoms with Crippen LogP contribution in [0.4, 0.5) is 23.8 Å². The monoisotopic (exact) mass is 455 g/mol. The SMILES string of the molecule is CNC(=O)c1csc2c(C(F)(F)F)cc(N3CCC(OC(=O)N[C@@H](C)C#N)CC3)nc12. The van der Waals surface area contributed by atoms with Crippen molar-refractivity contribution < 1.29 is 27.5 Å². The number of hydrogen-bond acceptors (Lipinski definition) is 7. The minimum Gasteiger partial charge on any atom is -0.446 e. The number of piperidine rings is 1. The van der Waals surface area contributed by atoms with Crippen molar-refractivity contribution in [1.82, 2.24) is 15.6 Å². The molecule has 3 heterocycles. The molecule has 31 heavy (non-hydrogen) atoms. The molecule has 0 spiro atoms. The molecule has 0 unspecified atom stereocenters. The van der Waals surface area contributed by atoms with Crippen LogP contribution >= 0.6 is 11.3 Å². The summed E-state index contributed by atoms with van der Waals surface area (Å²) >= 11 is 0.831. The summed E-state index contributed by atoms with van der Waals surface area (Å²) < 4.78 is 46.2. The zero-order valence-corrected chi connectivity index (χ0v) is 17.6. The summed E-state index contributed by atoms with van der Waals surface area (Å²) in [7, 11) is 1.40. The molecule has 1 atom stereocenters. The number of thiophene rings is 1. The molecular formula is C19H20F3N5O3S. The van der Waals surface area contributed by atoms with Gasteiger partial charge in [-0.2, -0.15) is 18.4 Å². The van der Waals surface area contributed by atoms with Gasteiger partial charge in [-0.3, -0.25) is 4.79 Å². The van der Waals surface area contributed by atoms with Crippen LogP contribution < -0.4 is 15.5 Å². The number of rotatable bonds is 4. The molecule has 0 aromatic carbocycles. The number of ether oxygens (including phenoxy) is 1. The van der Waals surface area contributed by atoms with E-state index in [1.807, 2.05) is 6.07 Å². The molecule has 0 aliphatic carbocycles. The maximum Gasteiger partial charge on any atom is 0.417 e. The van der Waals surface area contributed by atoms with Crippen LogP contribution in [-0.4, -0.2) is 49.3 Å². The normalized spacial score (nSPS) is 15.9. The van der Waals surface area contributed by atoms with Gasteiger partial charge in [0.05, 0.1) is 27.4 Å². The summed E-state index contributed by atoms with van der Waals surface area (Å²) in [4.78, 5) is 29.9. The van der Waals surface area contributed by atoms with Crippen LogP contribution in [0.25, 0.3) is 10.2 Å². The highest BCUT2D eigenvalue weighted by atomic mass is 32.1. The summed E-state index contributed by atoms with van der Waals surface area (Å²) in [5.74, 6) is -0.391. The van der Waals surface area contributed by atoms with Crippen molar-refractivity contribution in [1.29, 1.82) is 5.26 Å². The van der Waals surface area contributed by atoms with Crippen LogP contribution in [0, 0.1) is 11.3 Å². The number of nitrogens with one attached hydrogen (secondary N) is 2. The fourth-order valence-corrected chi connectivity index (χ4v) is 4.28. The van der Waals surface area contributed by atoms with Gasteiger partial charge in [0.15, 0.2) is 0 Å². The summed E-state index contributed by atoms with van der Waals surface area (Å²) in [5.41, 5.74) is -0.732. The van der Waals surface area contributed by atoms with Gasteiger partial charge in [-0.05, 0) is 13.0 Å². The molecule has 3 rings (SSSR count). The molecular weight excluding hydrogens is 435 g/mol. The molecule has 1 fully saturated rings. The zero-order valence-electron chi connectivity index (χ0n) is 16.7. The topological polar surface area (TPSA) is 107 Å². The van der Waals surface area contributed by atoms with E-state index in [1.165, 1.54) is 19.4 Å². The molecule has 2 amide bonds. The van der Waals surface area contributed by atoms with Crippen molar-refractivity contribution in [2.75, 3.05) is 25.0 Å². The first-order valence-electron chi connectivity index (χ1n) is 9.47. The number of alkyl carbamates (subject to hydrolysis) is 1. The summed E-state index contributed by atoms with van der Waals surface area (Å²) in [6.07, 6.45) is -4.95. The number of pyridine rings is 1. The average Bonchev–Trinajstić information content (AvgIpc) is 3.16. The Hall–Kier alpha value is -3.07. The summed E-state index contributed by atoms with van der Waals surface area (Å²) in [6.45, 7) is 2.16. The third-order valence-corrected chi connectivity index (χ3v) is 5.86. The van der Waals surface area contributed by atoms with Gasteiger partial charge in [0.1, 0.15) is 18.0 Å². The minimum atomic E-state index is -4.60. The highest BCUT2D eigenvalue weighted by Crippen LogP contribution is 2.40. The Kier molecular flexibility index (Phi) is 6.54. The summed E-state index contributed by atoms with van der Waals surface area (Å²) in [6, 6.07) is 2.16. The smallest absolute Gasteiger partial charge is 0.417 e. The zero-order chi connectivity index (χ0) is 22.8. The van der Waals surface area contributed by atoms with E-state index in [-0.39, 0.29) is 21.6 Å². The predicted octanol–water partition coefficient (Wildman–Crippen LogP) is 3.28. The van der Waals surface area contributed by atoms with Gasteiger partial charge >= 0.3 is 12.3 Å². The Balaban J connectivity index is 1.81. The van der Waals surface area contributed by atoms with Crippen LogP contribution in [0.5, 0.6) is 0 Å². The number of anilines is 1. The Bertz CT molecular complexity index is 1030. The van der Waals surface area contributed by atoms with Gasteiger partial charge in [-0.15, -0.1) is 11.3 Å². The van der Waals surface area contributed by atoms with E-state index < -0.39 is 35.9 Å². The second-order valence-corrected chi connectivity index (χ2v) is 7.90. The number of fused-ring (bicyclic) bond motifs is 1. The lowest BCUT2D eigenvalue weighted by molar-refractivity contribution is -0.136. The largest absolute Gasteiger partial charge is 0.446 e. The number of hydrogen-bond donors (Lipinski definition) is 2. The maximum absolute atomic E-state index is 13.7. The van der Waals surface area contributed by atoms with E-state index in [1.54, 1.807) is 4.90 Å². The van der Waals surface area contributed by atoms with Crippen LogP contribution in [0.3, 0.4) is 0 Å². The van der Waals surface area contributed by atoms with Crippen molar-refractivity contribution in [3.8, 4) is 6.07 Å². The first-order valence-corrected chi connectivity index (χ1v) is 10.3. The Labute approximate surface area is 180 Å². The first kappa shape index (κ1) is 22.6. The number of alkyl halides is 3.